The van der Waals surface area contributed by atoms with Crippen LogP contribution in [-0.4, -0.2) is 48.7 Å². The average molecular weight is 359 g/mol. The molecule has 2 fully saturated rings. The number of ether oxygens (including phenoxy) is 1. The summed E-state index contributed by atoms with van der Waals surface area (Å²) >= 11 is 0. The van der Waals surface area contributed by atoms with Crippen molar-refractivity contribution in [1.82, 2.24) is 10.2 Å². The molecule has 1 aromatic carbocycles. The summed E-state index contributed by atoms with van der Waals surface area (Å²) in [6.07, 6.45) is 8.22. The summed E-state index contributed by atoms with van der Waals surface area (Å²) in [7, 11) is 0. The molecular formula is C20H29N3O3. The van der Waals surface area contributed by atoms with E-state index >= 15 is 0 Å². The molecule has 3 rings (SSSR count). The maximum atomic E-state index is 12.3. The first-order chi connectivity index (χ1) is 12.6. The summed E-state index contributed by atoms with van der Waals surface area (Å²) in [4.78, 5) is 25.4. The van der Waals surface area contributed by atoms with E-state index in [-0.39, 0.29) is 6.03 Å². The third kappa shape index (κ3) is 5.21. The molecule has 6 nitrogen and oxygen atoms in total. The van der Waals surface area contributed by atoms with Gasteiger partial charge in [-0.1, -0.05) is 25.0 Å². The number of piperidine rings is 1. The van der Waals surface area contributed by atoms with Gasteiger partial charge in [0.15, 0.2) is 0 Å². The number of hydrogen-bond donors (Lipinski definition) is 2. The fourth-order valence-electron chi connectivity index (χ4n) is 3.80. The van der Waals surface area contributed by atoms with Crippen molar-refractivity contribution in [3.8, 4) is 0 Å². The Morgan fingerprint density at radius 2 is 1.81 bits per heavy atom. The zero-order chi connectivity index (χ0) is 18.4. The van der Waals surface area contributed by atoms with Crippen LogP contribution in [0.1, 0.15) is 54.4 Å². The molecule has 2 aliphatic rings. The number of rotatable bonds is 6. The van der Waals surface area contributed by atoms with E-state index in [9.17, 15) is 9.59 Å². The Hall–Kier alpha value is -2.08. The van der Waals surface area contributed by atoms with Gasteiger partial charge in [0.1, 0.15) is 0 Å². The molecule has 142 valence electrons. The number of urea groups is 1. The third-order valence-electron chi connectivity index (χ3n) is 5.32. The quantitative estimate of drug-likeness (QED) is 0.818. The highest BCUT2D eigenvalue weighted by Crippen LogP contribution is 2.25. The van der Waals surface area contributed by atoms with Crippen molar-refractivity contribution in [1.29, 1.82) is 0 Å². The van der Waals surface area contributed by atoms with E-state index in [1.807, 2.05) is 17.0 Å². The third-order valence-corrected chi connectivity index (χ3v) is 5.32. The van der Waals surface area contributed by atoms with E-state index < -0.39 is 5.91 Å². The normalized spacial score (nSPS) is 18.8. The fraction of sp³-hybridized carbons (Fsp3) is 0.600. The second kappa shape index (κ2) is 9.03. The smallest absolute Gasteiger partial charge is 0.317 e. The number of carbonyl (C=O) groups is 2. The standard InChI is InChI=1S/C20H29N3O3/c21-19(24)16-5-3-4-15(14-16)8-11-22-20(25)23-12-9-18(10-13-23)26-17-6-1-2-7-17/h3-5,14,17-18H,1-2,6-13H2,(H2,21,24)(H,22,25). The molecule has 1 saturated heterocycles. The van der Waals surface area contributed by atoms with E-state index in [2.05, 4.69) is 5.32 Å². The minimum atomic E-state index is -0.432. The molecule has 3 N–H and O–H groups in total. The van der Waals surface area contributed by atoms with Crippen molar-refractivity contribution < 1.29 is 14.3 Å². The summed E-state index contributed by atoms with van der Waals surface area (Å²) in [6.45, 7) is 2.04. The maximum absolute atomic E-state index is 12.3. The summed E-state index contributed by atoms with van der Waals surface area (Å²) in [6, 6.07) is 7.20. The monoisotopic (exact) mass is 359 g/mol. The van der Waals surface area contributed by atoms with E-state index in [4.69, 9.17) is 10.5 Å². The number of likely N-dealkylation sites (tertiary alicyclic amines) is 1. The summed E-state index contributed by atoms with van der Waals surface area (Å²) in [5.41, 5.74) is 6.78. The molecular weight excluding hydrogens is 330 g/mol. The van der Waals surface area contributed by atoms with Crippen LogP contribution in [0.3, 0.4) is 0 Å². The van der Waals surface area contributed by atoms with Crippen molar-refractivity contribution in [2.24, 2.45) is 5.73 Å². The van der Waals surface area contributed by atoms with Gasteiger partial charge in [-0.3, -0.25) is 4.79 Å². The number of nitrogens with zero attached hydrogens (tertiary/aromatic N) is 1. The molecule has 0 bridgehead atoms. The van der Waals surface area contributed by atoms with Crippen molar-refractivity contribution in [2.45, 2.75) is 57.2 Å². The molecule has 1 aromatic rings. The number of nitrogens with one attached hydrogen (secondary N) is 1. The van der Waals surface area contributed by atoms with Crippen molar-refractivity contribution in [3.05, 3.63) is 35.4 Å². The van der Waals surface area contributed by atoms with Gasteiger partial charge in [-0.2, -0.15) is 0 Å². The molecule has 6 heteroatoms. The van der Waals surface area contributed by atoms with E-state index in [0.717, 1.165) is 31.5 Å². The minimum absolute atomic E-state index is 0.0182. The van der Waals surface area contributed by atoms with Gasteiger partial charge in [-0.25, -0.2) is 4.79 Å². The van der Waals surface area contributed by atoms with Gasteiger partial charge < -0.3 is 20.7 Å². The van der Waals surface area contributed by atoms with Crippen LogP contribution in [0, 0.1) is 0 Å². The number of carbonyl (C=O) groups excluding carboxylic acids is 2. The Morgan fingerprint density at radius 3 is 2.50 bits per heavy atom. The fourth-order valence-corrected chi connectivity index (χ4v) is 3.80. The number of primary amides is 1. The molecule has 0 aromatic heterocycles. The van der Waals surface area contributed by atoms with Crippen molar-refractivity contribution in [2.75, 3.05) is 19.6 Å². The van der Waals surface area contributed by atoms with Crippen molar-refractivity contribution >= 4 is 11.9 Å². The zero-order valence-corrected chi connectivity index (χ0v) is 15.3. The van der Waals surface area contributed by atoms with Gasteiger partial charge in [0.2, 0.25) is 5.91 Å². The van der Waals surface area contributed by atoms with Gasteiger partial charge >= 0.3 is 6.03 Å². The molecule has 1 heterocycles. The lowest BCUT2D eigenvalue weighted by molar-refractivity contribution is -0.0338. The summed E-state index contributed by atoms with van der Waals surface area (Å²) < 4.78 is 6.15. The number of amides is 3. The van der Waals surface area contributed by atoms with Crippen LogP contribution in [0.25, 0.3) is 0 Å². The highest BCUT2D eigenvalue weighted by molar-refractivity contribution is 5.92. The van der Waals surface area contributed by atoms with Crippen LogP contribution >= 0.6 is 0 Å². The predicted molar refractivity (Wildman–Crippen MR) is 100.0 cm³/mol. The molecule has 0 unspecified atom stereocenters. The van der Waals surface area contributed by atoms with E-state index in [1.54, 1.807) is 12.1 Å². The zero-order valence-electron chi connectivity index (χ0n) is 15.3. The Morgan fingerprint density at radius 1 is 1.12 bits per heavy atom. The SMILES string of the molecule is NC(=O)c1cccc(CCNC(=O)N2CCC(OC3CCCC3)CC2)c1. The molecule has 1 aliphatic carbocycles. The lowest BCUT2D eigenvalue weighted by Gasteiger charge is -2.33. The molecule has 26 heavy (non-hydrogen) atoms. The Bertz CT molecular complexity index is 620. The number of nitrogens with two attached hydrogens (primary N) is 1. The van der Waals surface area contributed by atoms with Crippen LogP contribution in [0.2, 0.25) is 0 Å². The van der Waals surface area contributed by atoms with Crippen LogP contribution in [0.15, 0.2) is 24.3 Å². The van der Waals surface area contributed by atoms with Crippen LogP contribution < -0.4 is 11.1 Å². The number of hydrogen-bond acceptors (Lipinski definition) is 3. The number of benzene rings is 1. The van der Waals surface area contributed by atoms with Gasteiger partial charge in [0, 0.05) is 25.2 Å². The van der Waals surface area contributed by atoms with Crippen molar-refractivity contribution in [3.63, 3.8) is 0 Å². The predicted octanol–water partition coefficient (Wildman–Crippen LogP) is 2.46. The highest BCUT2D eigenvalue weighted by Gasteiger charge is 2.26. The highest BCUT2D eigenvalue weighted by atomic mass is 16.5. The largest absolute Gasteiger partial charge is 0.375 e. The maximum Gasteiger partial charge on any atom is 0.317 e. The molecule has 0 atom stereocenters. The first-order valence-electron chi connectivity index (χ1n) is 9.69. The second-order valence-corrected chi connectivity index (χ2v) is 7.28. The Balaban J connectivity index is 1.36. The summed E-state index contributed by atoms with van der Waals surface area (Å²) in [5.74, 6) is -0.432. The Labute approximate surface area is 155 Å². The second-order valence-electron chi connectivity index (χ2n) is 7.28. The molecule has 1 aliphatic heterocycles. The molecule has 0 spiro atoms. The van der Waals surface area contributed by atoms with Gasteiger partial charge in [-0.05, 0) is 49.8 Å². The van der Waals surface area contributed by atoms with E-state index in [0.29, 0.717) is 30.7 Å². The average Bonchev–Trinajstić information content (AvgIpc) is 3.15. The minimum Gasteiger partial charge on any atom is -0.375 e. The lowest BCUT2D eigenvalue weighted by atomic mass is 10.1. The van der Waals surface area contributed by atoms with Gasteiger partial charge in [0.25, 0.3) is 0 Å². The summed E-state index contributed by atoms with van der Waals surface area (Å²) in [5, 5.41) is 2.97. The molecule has 0 radical (unpaired) electrons. The topological polar surface area (TPSA) is 84.7 Å². The van der Waals surface area contributed by atoms with Crippen LogP contribution in [0.5, 0.6) is 0 Å². The molecule has 1 saturated carbocycles. The van der Waals surface area contributed by atoms with Crippen LogP contribution in [-0.2, 0) is 11.2 Å². The first-order valence-corrected chi connectivity index (χ1v) is 9.69. The lowest BCUT2D eigenvalue weighted by Crippen LogP contribution is -2.46. The molecule has 3 amide bonds. The van der Waals surface area contributed by atoms with Gasteiger partial charge in [0.05, 0.1) is 12.2 Å². The Kier molecular flexibility index (Phi) is 6.50. The van der Waals surface area contributed by atoms with Crippen LogP contribution in [0.4, 0.5) is 4.79 Å². The van der Waals surface area contributed by atoms with E-state index in [1.165, 1.54) is 25.7 Å². The first kappa shape index (κ1) is 18.7. The van der Waals surface area contributed by atoms with Gasteiger partial charge in [-0.15, -0.1) is 0 Å².